The Labute approximate surface area is 120 Å². The van der Waals surface area contributed by atoms with Crippen LogP contribution in [0.3, 0.4) is 0 Å². The molecule has 21 heavy (non-hydrogen) atoms. The number of H-pyrrole nitrogens is 1. The maximum absolute atomic E-state index is 5.89. The number of anilines is 2. The monoisotopic (exact) mass is 282 g/mol. The number of aromatic amines is 1. The van der Waals surface area contributed by atoms with Crippen LogP contribution < -0.4 is 15.8 Å². The highest BCUT2D eigenvalue weighted by Gasteiger charge is 2.22. The fraction of sp³-hybridized carbons (Fsp3) is 0.214. The SMILES string of the molecule is Nc1nc(NCC2Cc3ccccc3O2)c2[nH]cnc2n1. The topological polar surface area (TPSA) is 102 Å². The molecule has 1 aliphatic heterocycles. The Morgan fingerprint density at radius 3 is 3.14 bits per heavy atom. The first-order valence-electron chi connectivity index (χ1n) is 6.74. The van der Waals surface area contributed by atoms with Gasteiger partial charge in [0.15, 0.2) is 11.5 Å². The normalized spacial score (nSPS) is 16.7. The van der Waals surface area contributed by atoms with E-state index in [1.165, 1.54) is 5.56 Å². The van der Waals surface area contributed by atoms with Gasteiger partial charge in [0.05, 0.1) is 12.9 Å². The Bertz CT molecular complexity index is 774. The van der Waals surface area contributed by atoms with Crippen LogP contribution in [-0.4, -0.2) is 32.6 Å². The minimum Gasteiger partial charge on any atom is -0.488 e. The molecular weight excluding hydrogens is 268 g/mol. The van der Waals surface area contributed by atoms with E-state index in [9.17, 15) is 0 Å². The molecule has 1 aromatic carbocycles. The van der Waals surface area contributed by atoms with E-state index in [1.807, 2.05) is 18.2 Å². The molecule has 0 spiro atoms. The number of ether oxygens (including phenoxy) is 1. The number of hydrogen-bond acceptors (Lipinski definition) is 6. The summed E-state index contributed by atoms with van der Waals surface area (Å²) >= 11 is 0. The molecule has 0 fully saturated rings. The van der Waals surface area contributed by atoms with E-state index in [0.717, 1.165) is 17.7 Å². The molecule has 7 heteroatoms. The third-order valence-corrected chi connectivity index (χ3v) is 3.51. The molecule has 0 radical (unpaired) electrons. The predicted molar refractivity (Wildman–Crippen MR) is 79.1 cm³/mol. The minimum absolute atomic E-state index is 0.0801. The average molecular weight is 282 g/mol. The average Bonchev–Trinajstić information content (AvgIpc) is 3.10. The minimum atomic E-state index is 0.0801. The Balaban J connectivity index is 1.51. The molecular formula is C14H14N6O. The number of imidazole rings is 1. The number of fused-ring (bicyclic) bond motifs is 2. The molecule has 106 valence electrons. The summed E-state index contributed by atoms with van der Waals surface area (Å²) < 4.78 is 5.89. The van der Waals surface area contributed by atoms with Crippen molar-refractivity contribution >= 4 is 22.9 Å². The Morgan fingerprint density at radius 2 is 2.24 bits per heavy atom. The molecule has 1 aliphatic rings. The van der Waals surface area contributed by atoms with Gasteiger partial charge in [-0.3, -0.25) is 0 Å². The third-order valence-electron chi connectivity index (χ3n) is 3.51. The van der Waals surface area contributed by atoms with Crippen LogP contribution in [0.2, 0.25) is 0 Å². The van der Waals surface area contributed by atoms with Crippen molar-refractivity contribution in [2.45, 2.75) is 12.5 Å². The van der Waals surface area contributed by atoms with Crippen molar-refractivity contribution in [1.29, 1.82) is 0 Å². The highest BCUT2D eigenvalue weighted by molar-refractivity contribution is 5.83. The third kappa shape index (κ3) is 2.12. The van der Waals surface area contributed by atoms with Gasteiger partial charge in [-0.25, -0.2) is 4.98 Å². The van der Waals surface area contributed by atoms with Crippen LogP contribution in [0.15, 0.2) is 30.6 Å². The zero-order valence-corrected chi connectivity index (χ0v) is 11.2. The van der Waals surface area contributed by atoms with E-state index in [-0.39, 0.29) is 12.1 Å². The highest BCUT2D eigenvalue weighted by Crippen LogP contribution is 2.28. The molecule has 1 unspecified atom stereocenters. The molecule has 7 nitrogen and oxygen atoms in total. The molecule has 3 heterocycles. The van der Waals surface area contributed by atoms with Gasteiger partial charge in [-0.2, -0.15) is 9.97 Å². The van der Waals surface area contributed by atoms with Crippen molar-refractivity contribution in [3.8, 4) is 5.75 Å². The number of nitrogens with one attached hydrogen (secondary N) is 2. The van der Waals surface area contributed by atoms with Gasteiger partial charge in [-0.15, -0.1) is 0 Å². The van der Waals surface area contributed by atoms with Crippen LogP contribution in [0.1, 0.15) is 5.56 Å². The Morgan fingerprint density at radius 1 is 1.33 bits per heavy atom. The lowest BCUT2D eigenvalue weighted by molar-refractivity contribution is 0.246. The summed E-state index contributed by atoms with van der Waals surface area (Å²) in [5, 5.41) is 3.26. The summed E-state index contributed by atoms with van der Waals surface area (Å²) in [6.07, 6.45) is 2.54. The first-order chi connectivity index (χ1) is 10.3. The molecule has 4 rings (SSSR count). The van der Waals surface area contributed by atoms with Crippen molar-refractivity contribution in [2.24, 2.45) is 0 Å². The first kappa shape index (κ1) is 12.0. The van der Waals surface area contributed by atoms with Crippen molar-refractivity contribution in [1.82, 2.24) is 19.9 Å². The number of nitrogen functional groups attached to an aromatic ring is 1. The number of nitrogens with zero attached hydrogens (tertiary/aromatic N) is 3. The van der Waals surface area contributed by atoms with Gasteiger partial charge in [-0.1, -0.05) is 18.2 Å². The summed E-state index contributed by atoms with van der Waals surface area (Å²) in [6, 6.07) is 8.08. The van der Waals surface area contributed by atoms with Gasteiger partial charge in [-0.05, 0) is 11.6 Å². The van der Waals surface area contributed by atoms with E-state index in [1.54, 1.807) is 6.33 Å². The fourth-order valence-electron chi connectivity index (χ4n) is 2.56. The molecule has 0 amide bonds. The van der Waals surface area contributed by atoms with Gasteiger partial charge in [0.2, 0.25) is 5.95 Å². The van der Waals surface area contributed by atoms with Gasteiger partial charge in [0, 0.05) is 6.42 Å². The predicted octanol–water partition coefficient (Wildman–Crippen LogP) is 1.35. The quantitative estimate of drug-likeness (QED) is 0.670. The number of para-hydroxylation sites is 1. The lowest BCUT2D eigenvalue weighted by atomic mass is 10.1. The second-order valence-electron chi connectivity index (χ2n) is 4.96. The van der Waals surface area contributed by atoms with Crippen LogP contribution in [0, 0.1) is 0 Å². The number of benzene rings is 1. The van der Waals surface area contributed by atoms with Crippen molar-refractivity contribution in [2.75, 3.05) is 17.6 Å². The molecule has 0 bridgehead atoms. The van der Waals surface area contributed by atoms with Gasteiger partial charge >= 0.3 is 0 Å². The smallest absolute Gasteiger partial charge is 0.224 e. The maximum Gasteiger partial charge on any atom is 0.224 e. The standard InChI is InChI=1S/C14H14N6O/c15-14-19-12(11-13(20-14)18-7-17-11)16-6-9-5-8-3-1-2-4-10(8)21-9/h1-4,7,9H,5-6H2,(H4,15,16,17,18,19,20). The second-order valence-corrected chi connectivity index (χ2v) is 4.96. The molecule has 0 aliphatic carbocycles. The number of hydrogen-bond donors (Lipinski definition) is 3. The van der Waals surface area contributed by atoms with E-state index in [2.05, 4.69) is 31.3 Å². The summed E-state index contributed by atoms with van der Waals surface area (Å²) in [5.74, 6) is 1.81. The van der Waals surface area contributed by atoms with E-state index in [0.29, 0.717) is 18.0 Å². The zero-order chi connectivity index (χ0) is 14.2. The number of nitrogens with two attached hydrogens (primary N) is 1. The second kappa shape index (κ2) is 4.62. The van der Waals surface area contributed by atoms with E-state index in [4.69, 9.17) is 10.5 Å². The fourth-order valence-corrected chi connectivity index (χ4v) is 2.56. The summed E-state index contributed by atoms with van der Waals surface area (Å²) in [6.45, 7) is 0.638. The maximum atomic E-state index is 5.89. The van der Waals surface area contributed by atoms with Crippen LogP contribution in [-0.2, 0) is 6.42 Å². The van der Waals surface area contributed by atoms with Gasteiger partial charge in [0.1, 0.15) is 17.4 Å². The largest absolute Gasteiger partial charge is 0.488 e. The molecule has 1 atom stereocenters. The molecule has 3 aromatic rings. The lowest BCUT2D eigenvalue weighted by Crippen LogP contribution is -2.24. The number of rotatable bonds is 3. The highest BCUT2D eigenvalue weighted by atomic mass is 16.5. The van der Waals surface area contributed by atoms with Crippen molar-refractivity contribution in [3.63, 3.8) is 0 Å². The summed E-state index contributed by atoms with van der Waals surface area (Å²) in [4.78, 5) is 15.4. The van der Waals surface area contributed by atoms with Crippen LogP contribution in [0.25, 0.3) is 11.2 Å². The Kier molecular flexibility index (Phi) is 2.63. The number of aromatic nitrogens is 4. The molecule has 0 saturated heterocycles. The molecule has 2 aromatic heterocycles. The van der Waals surface area contributed by atoms with Crippen molar-refractivity contribution < 1.29 is 4.74 Å². The Hall–Kier alpha value is -2.83. The van der Waals surface area contributed by atoms with Crippen LogP contribution >= 0.6 is 0 Å². The summed E-state index contributed by atoms with van der Waals surface area (Å²) in [5.41, 5.74) is 8.23. The van der Waals surface area contributed by atoms with Crippen molar-refractivity contribution in [3.05, 3.63) is 36.2 Å². The van der Waals surface area contributed by atoms with Gasteiger partial charge < -0.3 is 20.8 Å². The summed E-state index contributed by atoms with van der Waals surface area (Å²) in [7, 11) is 0. The van der Waals surface area contributed by atoms with Gasteiger partial charge in [0.25, 0.3) is 0 Å². The van der Waals surface area contributed by atoms with E-state index >= 15 is 0 Å². The van der Waals surface area contributed by atoms with E-state index < -0.39 is 0 Å². The zero-order valence-electron chi connectivity index (χ0n) is 11.2. The first-order valence-corrected chi connectivity index (χ1v) is 6.74. The molecule has 0 saturated carbocycles. The lowest BCUT2D eigenvalue weighted by Gasteiger charge is -2.12. The van der Waals surface area contributed by atoms with Crippen LogP contribution in [0.4, 0.5) is 11.8 Å². The van der Waals surface area contributed by atoms with Crippen LogP contribution in [0.5, 0.6) is 5.75 Å². The molecule has 4 N–H and O–H groups in total.